The fraction of sp³-hybridized carbons (Fsp3) is 0.300. The third-order valence-electron chi connectivity index (χ3n) is 1.98. The number of hydrogen-bond donors (Lipinski definition) is 2. The van der Waals surface area contributed by atoms with Gasteiger partial charge in [0.15, 0.2) is 0 Å². The monoisotopic (exact) mass is 258 g/mol. The van der Waals surface area contributed by atoms with Gasteiger partial charge in [0.2, 0.25) is 0 Å². The van der Waals surface area contributed by atoms with E-state index in [0.717, 1.165) is 5.56 Å². The van der Waals surface area contributed by atoms with E-state index in [2.05, 4.69) is 15.9 Å². The molecule has 1 atom stereocenters. The van der Waals surface area contributed by atoms with E-state index in [1.165, 1.54) is 0 Å². The number of halogens is 1. The largest absolute Gasteiger partial charge is 0.507 e. The number of carboxylic acid groups (broad SMARTS) is 1. The van der Waals surface area contributed by atoms with Crippen molar-refractivity contribution in [2.24, 2.45) is 5.92 Å². The minimum Gasteiger partial charge on any atom is -0.507 e. The first-order valence-corrected chi connectivity index (χ1v) is 5.00. The predicted octanol–water partition coefficient (Wildman–Crippen LogP) is 2.42. The van der Waals surface area contributed by atoms with E-state index in [0.29, 0.717) is 10.9 Å². The van der Waals surface area contributed by atoms with Gasteiger partial charge in [-0.05, 0) is 40.0 Å². The molecule has 1 aromatic carbocycles. The molecule has 0 radical (unpaired) electrons. The summed E-state index contributed by atoms with van der Waals surface area (Å²) < 4.78 is 0.590. The normalized spacial score (nSPS) is 12.4. The van der Waals surface area contributed by atoms with Gasteiger partial charge in [0.1, 0.15) is 5.75 Å². The van der Waals surface area contributed by atoms with Crippen LogP contribution >= 0.6 is 15.9 Å². The van der Waals surface area contributed by atoms with E-state index < -0.39 is 11.9 Å². The second-order valence-corrected chi connectivity index (χ2v) is 4.08. The fourth-order valence-corrected chi connectivity index (χ4v) is 1.54. The molecule has 1 rings (SSSR count). The van der Waals surface area contributed by atoms with Crippen molar-refractivity contribution >= 4 is 21.9 Å². The number of carboxylic acids is 1. The Bertz CT molecular complexity index is 349. The van der Waals surface area contributed by atoms with Crippen molar-refractivity contribution in [1.29, 1.82) is 0 Å². The summed E-state index contributed by atoms with van der Waals surface area (Å²) >= 11 is 3.18. The second-order valence-electron chi connectivity index (χ2n) is 3.23. The Balaban J connectivity index is 2.78. The molecule has 0 aliphatic rings. The van der Waals surface area contributed by atoms with Crippen LogP contribution in [0, 0.1) is 5.92 Å². The summed E-state index contributed by atoms with van der Waals surface area (Å²) in [7, 11) is 0. The van der Waals surface area contributed by atoms with Crippen LogP contribution in [-0.4, -0.2) is 16.2 Å². The van der Waals surface area contributed by atoms with Gasteiger partial charge in [-0.2, -0.15) is 0 Å². The SMILES string of the molecule is CC(Cc1ccc(O)c(Br)c1)C(=O)O. The van der Waals surface area contributed by atoms with Crippen LogP contribution in [0.15, 0.2) is 22.7 Å². The summed E-state index contributed by atoms with van der Waals surface area (Å²) in [6, 6.07) is 5.00. The van der Waals surface area contributed by atoms with Gasteiger partial charge in [-0.25, -0.2) is 0 Å². The lowest BCUT2D eigenvalue weighted by molar-refractivity contribution is -0.141. The van der Waals surface area contributed by atoms with Crippen LogP contribution in [0.2, 0.25) is 0 Å². The average Bonchev–Trinajstić information content (AvgIpc) is 2.11. The van der Waals surface area contributed by atoms with Crippen LogP contribution in [0.5, 0.6) is 5.75 Å². The Kier molecular flexibility index (Phi) is 3.52. The fourth-order valence-electron chi connectivity index (χ4n) is 1.12. The maximum atomic E-state index is 10.6. The molecule has 0 bridgehead atoms. The van der Waals surface area contributed by atoms with E-state index in [-0.39, 0.29) is 5.75 Å². The maximum absolute atomic E-state index is 10.6. The van der Waals surface area contributed by atoms with Crippen LogP contribution in [-0.2, 0) is 11.2 Å². The molecule has 0 aromatic heterocycles. The lowest BCUT2D eigenvalue weighted by Gasteiger charge is -2.06. The Labute approximate surface area is 90.5 Å². The van der Waals surface area contributed by atoms with Gasteiger partial charge in [-0.15, -0.1) is 0 Å². The van der Waals surface area contributed by atoms with Crippen LogP contribution < -0.4 is 0 Å². The third-order valence-corrected chi connectivity index (χ3v) is 2.61. The molecule has 0 spiro atoms. The summed E-state index contributed by atoms with van der Waals surface area (Å²) in [5.41, 5.74) is 0.893. The van der Waals surface area contributed by atoms with Crippen molar-refractivity contribution < 1.29 is 15.0 Å². The number of carbonyl (C=O) groups is 1. The molecular weight excluding hydrogens is 248 g/mol. The Morgan fingerprint density at radius 1 is 1.57 bits per heavy atom. The molecule has 3 nitrogen and oxygen atoms in total. The highest BCUT2D eigenvalue weighted by Gasteiger charge is 2.12. The van der Waals surface area contributed by atoms with Crippen molar-refractivity contribution in [2.45, 2.75) is 13.3 Å². The van der Waals surface area contributed by atoms with Crippen molar-refractivity contribution in [1.82, 2.24) is 0 Å². The van der Waals surface area contributed by atoms with Crippen molar-refractivity contribution in [3.63, 3.8) is 0 Å². The summed E-state index contributed by atoms with van der Waals surface area (Å²) in [6.45, 7) is 1.66. The van der Waals surface area contributed by atoms with E-state index in [1.54, 1.807) is 25.1 Å². The molecule has 0 aliphatic heterocycles. The van der Waals surface area contributed by atoms with Gasteiger partial charge in [-0.3, -0.25) is 4.79 Å². The highest BCUT2D eigenvalue weighted by atomic mass is 79.9. The van der Waals surface area contributed by atoms with Gasteiger partial charge in [0, 0.05) is 0 Å². The van der Waals surface area contributed by atoms with Crippen LogP contribution in [0.3, 0.4) is 0 Å². The third kappa shape index (κ3) is 2.73. The predicted molar refractivity (Wildman–Crippen MR) is 56.3 cm³/mol. The van der Waals surface area contributed by atoms with E-state index in [4.69, 9.17) is 5.11 Å². The molecule has 76 valence electrons. The highest BCUT2D eigenvalue weighted by molar-refractivity contribution is 9.10. The van der Waals surface area contributed by atoms with Crippen molar-refractivity contribution in [3.8, 4) is 5.75 Å². The number of hydrogen-bond acceptors (Lipinski definition) is 2. The van der Waals surface area contributed by atoms with E-state index in [9.17, 15) is 9.90 Å². The quantitative estimate of drug-likeness (QED) is 0.876. The highest BCUT2D eigenvalue weighted by Crippen LogP contribution is 2.25. The molecule has 0 saturated carbocycles. The average molecular weight is 259 g/mol. The van der Waals surface area contributed by atoms with Gasteiger partial charge in [0.25, 0.3) is 0 Å². The topological polar surface area (TPSA) is 57.5 Å². The van der Waals surface area contributed by atoms with Gasteiger partial charge in [0.05, 0.1) is 10.4 Å². The minimum absolute atomic E-state index is 0.164. The second kappa shape index (κ2) is 4.46. The molecule has 0 saturated heterocycles. The van der Waals surface area contributed by atoms with Crippen LogP contribution in [0.4, 0.5) is 0 Å². The molecule has 0 amide bonds. The molecule has 2 N–H and O–H groups in total. The number of rotatable bonds is 3. The van der Waals surface area contributed by atoms with Crippen LogP contribution in [0.25, 0.3) is 0 Å². The number of aliphatic carboxylic acids is 1. The van der Waals surface area contributed by atoms with Gasteiger partial charge >= 0.3 is 5.97 Å². The maximum Gasteiger partial charge on any atom is 0.306 e. The summed E-state index contributed by atoms with van der Waals surface area (Å²) in [5, 5.41) is 17.9. The first-order chi connectivity index (χ1) is 6.50. The molecule has 1 unspecified atom stereocenters. The molecule has 0 heterocycles. The molecule has 14 heavy (non-hydrogen) atoms. The van der Waals surface area contributed by atoms with Gasteiger partial charge in [-0.1, -0.05) is 13.0 Å². The van der Waals surface area contributed by atoms with E-state index >= 15 is 0 Å². The number of phenolic OH excluding ortho intramolecular Hbond substituents is 1. The number of benzene rings is 1. The zero-order chi connectivity index (χ0) is 10.7. The standard InChI is InChI=1S/C10H11BrO3/c1-6(10(13)14)4-7-2-3-9(12)8(11)5-7/h2-3,5-6,12H,4H2,1H3,(H,13,14). The Morgan fingerprint density at radius 3 is 2.71 bits per heavy atom. The molecular formula is C10H11BrO3. The van der Waals surface area contributed by atoms with E-state index in [1.807, 2.05) is 0 Å². The molecule has 0 fully saturated rings. The molecule has 1 aromatic rings. The summed E-state index contributed by atoms with van der Waals surface area (Å²) in [5.74, 6) is -1.06. The number of aromatic hydroxyl groups is 1. The Hall–Kier alpha value is -1.03. The first-order valence-electron chi connectivity index (χ1n) is 4.21. The zero-order valence-corrected chi connectivity index (χ0v) is 9.28. The summed E-state index contributed by atoms with van der Waals surface area (Å²) in [6.07, 6.45) is 0.466. The Morgan fingerprint density at radius 2 is 2.21 bits per heavy atom. The first kappa shape index (κ1) is 11.0. The zero-order valence-electron chi connectivity index (χ0n) is 7.70. The van der Waals surface area contributed by atoms with Crippen molar-refractivity contribution in [2.75, 3.05) is 0 Å². The van der Waals surface area contributed by atoms with Crippen molar-refractivity contribution in [3.05, 3.63) is 28.2 Å². The summed E-state index contributed by atoms with van der Waals surface area (Å²) in [4.78, 5) is 10.6. The lowest BCUT2D eigenvalue weighted by atomic mass is 10.0. The molecule has 4 heteroatoms. The van der Waals surface area contributed by atoms with Gasteiger partial charge < -0.3 is 10.2 Å². The minimum atomic E-state index is -0.811. The molecule has 0 aliphatic carbocycles. The smallest absolute Gasteiger partial charge is 0.306 e. The van der Waals surface area contributed by atoms with Crippen LogP contribution in [0.1, 0.15) is 12.5 Å². The lowest BCUT2D eigenvalue weighted by Crippen LogP contribution is -2.12. The number of phenols is 1.